The number of carbonyl (C=O) groups excluding carboxylic acids is 1. The number of likely N-dealkylation sites (N-methyl/N-ethyl adjacent to an activating group) is 1. The number of piperazine rings is 1. The number of benzene rings is 1. The van der Waals surface area contributed by atoms with E-state index in [-0.39, 0.29) is 6.42 Å². The fraction of sp³-hybridized carbons (Fsp3) is 0.682. The summed E-state index contributed by atoms with van der Waals surface area (Å²) in [5.41, 5.74) is 1.28. The minimum atomic E-state index is -4.29. The van der Waals surface area contributed by atoms with Gasteiger partial charge in [-0.3, -0.25) is 9.69 Å². The number of carbonyl (C=O) groups is 1. The van der Waals surface area contributed by atoms with Crippen molar-refractivity contribution in [3.05, 3.63) is 35.9 Å². The van der Waals surface area contributed by atoms with Gasteiger partial charge < -0.3 is 10.2 Å². The molecule has 1 heterocycles. The van der Waals surface area contributed by atoms with Crippen molar-refractivity contribution in [2.45, 2.75) is 44.3 Å². The van der Waals surface area contributed by atoms with Gasteiger partial charge in [0, 0.05) is 44.7 Å². The van der Waals surface area contributed by atoms with Crippen LogP contribution in [0.3, 0.4) is 0 Å². The number of hydrogen-bond donors (Lipinski definition) is 1. The van der Waals surface area contributed by atoms with Gasteiger partial charge in [-0.05, 0) is 31.9 Å². The van der Waals surface area contributed by atoms with Gasteiger partial charge >= 0.3 is 6.18 Å². The second-order valence-electron chi connectivity index (χ2n) is 8.41. The van der Waals surface area contributed by atoms with Crippen molar-refractivity contribution >= 4 is 5.91 Å². The molecule has 0 radical (unpaired) electrons. The number of amides is 1. The lowest BCUT2D eigenvalue weighted by atomic mass is 9.78. The molecule has 1 saturated carbocycles. The van der Waals surface area contributed by atoms with E-state index in [4.69, 9.17) is 0 Å². The summed E-state index contributed by atoms with van der Waals surface area (Å²) in [6.45, 7) is 4.13. The van der Waals surface area contributed by atoms with Crippen molar-refractivity contribution in [1.82, 2.24) is 15.1 Å². The standard InChI is InChI=1S/C22H32F3N3O/c1-27-14-15-28(20(16-27)17-8-3-2-4-9-17)13-7-12-26-21(29)18-10-5-6-11-19(18)22(23,24)25/h2-4,8-9,18-20H,5-7,10-16H2,1H3,(H,26,29)/t18-,19+,20-/m1/s1. The van der Waals surface area contributed by atoms with Gasteiger partial charge in [-0.25, -0.2) is 0 Å². The molecule has 3 rings (SSSR count). The van der Waals surface area contributed by atoms with E-state index in [1.165, 1.54) is 5.56 Å². The first-order valence-electron chi connectivity index (χ1n) is 10.7. The Balaban J connectivity index is 1.49. The maximum absolute atomic E-state index is 13.2. The zero-order chi connectivity index (χ0) is 20.9. The Morgan fingerprint density at radius 1 is 1.14 bits per heavy atom. The number of nitrogens with zero attached hydrogens (tertiary/aromatic N) is 2. The van der Waals surface area contributed by atoms with Crippen LogP contribution in [0.2, 0.25) is 0 Å². The Morgan fingerprint density at radius 3 is 2.59 bits per heavy atom. The van der Waals surface area contributed by atoms with E-state index < -0.39 is 23.9 Å². The third-order valence-electron chi connectivity index (χ3n) is 6.32. The van der Waals surface area contributed by atoms with Crippen LogP contribution in [0.5, 0.6) is 0 Å². The molecular formula is C22H32F3N3O. The molecule has 29 heavy (non-hydrogen) atoms. The first kappa shape index (κ1) is 22.1. The first-order chi connectivity index (χ1) is 13.9. The van der Waals surface area contributed by atoms with Crippen molar-refractivity contribution < 1.29 is 18.0 Å². The summed E-state index contributed by atoms with van der Waals surface area (Å²) in [5.74, 6) is -2.84. The topological polar surface area (TPSA) is 35.6 Å². The second-order valence-corrected chi connectivity index (χ2v) is 8.41. The van der Waals surface area contributed by atoms with Crippen LogP contribution in [0.25, 0.3) is 0 Å². The van der Waals surface area contributed by atoms with Gasteiger partial charge in [-0.15, -0.1) is 0 Å². The Hall–Kier alpha value is -1.60. The lowest BCUT2D eigenvalue weighted by Gasteiger charge is -2.40. The van der Waals surface area contributed by atoms with Crippen LogP contribution >= 0.6 is 0 Å². The van der Waals surface area contributed by atoms with E-state index in [2.05, 4.69) is 34.3 Å². The van der Waals surface area contributed by atoms with Gasteiger partial charge in [0.2, 0.25) is 5.91 Å². The van der Waals surface area contributed by atoms with Crippen LogP contribution in [-0.4, -0.2) is 61.7 Å². The number of halogens is 3. The number of alkyl halides is 3. The quantitative estimate of drug-likeness (QED) is 0.723. The molecule has 4 nitrogen and oxygen atoms in total. The van der Waals surface area contributed by atoms with Crippen LogP contribution in [0.1, 0.15) is 43.7 Å². The van der Waals surface area contributed by atoms with Gasteiger partial charge in [-0.1, -0.05) is 43.2 Å². The minimum absolute atomic E-state index is 0.0711. The smallest absolute Gasteiger partial charge is 0.356 e. The van der Waals surface area contributed by atoms with Crippen molar-refractivity contribution in [3.63, 3.8) is 0 Å². The molecule has 1 aliphatic carbocycles. The van der Waals surface area contributed by atoms with Crippen molar-refractivity contribution in [3.8, 4) is 0 Å². The molecule has 0 spiro atoms. The highest BCUT2D eigenvalue weighted by Crippen LogP contribution is 2.41. The Morgan fingerprint density at radius 2 is 1.86 bits per heavy atom. The molecule has 162 valence electrons. The van der Waals surface area contributed by atoms with Crippen molar-refractivity contribution in [2.75, 3.05) is 39.8 Å². The monoisotopic (exact) mass is 411 g/mol. The Kier molecular flexibility index (Phi) is 7.57. The molecule has 7 heteroatoms. The van der Waals surface area contributed by atoms with Gasteiger partial charge in [0.1, 0.15) is 0 Å². The molecule has 1 saturated heterocycles. The zero-order valence-electron chi connectivity index (χ0n) is 17.1. The van der Waals surface area contributed by atoms with Crippen molar-refractivity contribution in [1.29, 1.82) is 0 Å². The number of nitrogens with one attached hydrogen (secondary N) is 1. The molecule has 2 fully saturated rings. The third kappa shape index (κ3) is 5.95. The summed E-state index contributed by atoms with van der Waals surface area (Å²) in [7, 11) is 2.12. The molecule has 1 aliphatic heterocycles. The fourth-order valence-corrected chi connectivity index (χ4v) is 4.68. The summed E-state index contributed by atoms with van der Waals surface area (Å²) >= 11 is 0. The van der Waals surface area contributed by atoms with Crippen LogP contribution in [0, 0.1) is 11.8 Å². The number of hydrogen-bond acceptors (Lipinski definition) is 3. The van der Waals surface area contributed by atoms with Crippen LogP contribution in [0.4, 0.5) is 13.2 Å². The maximum Gasteiger partial charge on any atom is 0.392 e. The highest BCUT2D eigenvalue weighted by atomic mass is 19.4. The summed E-state index contributed by atoms with van der Waals surface area (Å²) in [5, 5.41) is 2.78. The fourth-order valence-electron chi connectivity index (χ4n) is 4.68. The van der Waals surface area contributed by atoms with E-state index in [1.54, 1.807) is 0 Å². The van der Waals surface area contributed by atoms with E-state index in [0.717, 1.165) is 32.6 Å². The van der Waals surface area contributed by atoms with E-state index in [9.17, 15) is 18.0 Å². The Bertz CT molecular complexity index is 652. The van der Waals surface area contributed by atoms with Crippen LogP contribution in [-0.2, 0) is 4.79 Å². The highest BCUT2D eigenvalue weighted by molar-refractivity contribution is 5.79. The minimum Gasteiger partial charge on any atom is -0.356 e. The molecule has 0 unspecified atom stereocenters. The highest BCUT2D eigenvalue weighted by Gasteiger charge is 2.47. The van der Waals surface area contributed by atoms with Gasteiger partial charge in [0.25, 0.3) is 0 Å². The lowest BCUT2D eigenvalue weighted by molar-refractivity contribution is -0.198. The van der Waals surface area contributed by atoms with E-state index >= 15 is 0 Å². The average molecular weight is 412 g/mol. The molecule has 1 aromatic rings. The summed E-state index contributed by atoms with van der Waals surface area (Å²) in [6, 6.07) is 10.7. The predicted molar refractivity (Wildman–Crippen MR) is 107 cm³/mol. The lowest BCUT2D eigenvalue weighted by Crippen LogP contribution is -2.47. The predicted octanol–water partition coefficient (Wildman–Crippen LogP) is 3.85. The number of rotatable bonds is 6. The van der Waals surface area contributed by atoms with Crippen molar-refractivity contribution in [2.24, 2.45) is 11.8 Å². The second kappa shape index (κ2) is 9.94. The largest absolute Gasteiger partial charge is 0.392 e. The van der Waals surface area contributed by atoms with Gasteiger partial charge in [0.05, 0.1) is 5.92 Å². The first-order valence-corrected chi connectivity index (χ1v) is 10.7. The average Bonchev–Trinajstić information content (AvgIpc) is 2.72. The van der Waals surface area contributed by atoms with E-state index in [1.807, 2.05) is 18.2 Å². The van der Waals surface area contributed by atoms with Gasteiger partial charge in [0.15, 0.2) is 0 Å². The summed E-state index contributed by atoms with van der Waals surface area (Å²) in [4.78, 5) is 17.1. The Labute approximate surface area is 171 Å². The molecule has 1 aromatic carbocycles. The van der Waals surface area contributed by atoms with Gasteiger partial charge in [-0.2, -0.15) is 13.2 Å². The molecule has 1 N–H and O–H groups in total. The summed E-state index contributed by atoms with van der Waals surface area (Å²) < 4.78 is 39.7. The maximum atomic E-state index is 13.2. The molecule has 3 atom stereocenters. The van der Waals surface area contributed by atoms with E-state index in [0.29, 0.717) is 31.8 Å². The molecular weight excluding hydrogens is 379 g/mol. The van der Waals surface area contributed by atoms with Crippen LogP contribution < -0.4 is 5.32 Å². The van der Waals surface area contributed by atoms with Crippen LogP contribution in [0.15, 0.2) is 30.3 Å². The molecule has 0 bridgehead atoms. The molecule has 0 aromatic heterocycles. The molecule has 1 amide bonds. The SMILES string of the molecule is CN1CCN(CCCNC(=O)[C@@H]2CCCC[C@@H]2C(F)(F)F)[C@@H](c2ccccc2)C1. The third-order valence-corrected chi connectivity index (χ3v) is 6.32. The normalized spacial score (nSPS) is 27.0. The molecule has 2 aliphatic rings. The zero-order valence-corrected chi connectivity index (χ0v) is 17.1. The summed E-state index contributed by atoms with van der Waals surface area (Å²) in [6.07, 6.45) is -1.89.